The summed E-state index contributed by atoms with van der Waals surface area (Å²) in [6.45, 7) is 6.97. The Bertz CT molecular complexity index is 638. The lowest BCUT2D eigenvalue weighted by molar-refractivity contribution is 0.0199. The number of rotatable bonds is 0. The first-order chi connectivity index (χ1) is 10.7. The van der Waals surface area contributed by atoms with E-state index in [1.807, 2.05) is 20.8 Å². The fourth-order valence-corrected chi connectivity index (χ4v) is 2.95. The molecule has 1 aromatic rings. The summed E-state index contributed by atoms with van der Waals surface area (Å²) in [5.74, 6) is 6.59. The minimum Gasteiger partial charge on any atom is -0.444 e. The SMILES string of the molecule is CC(C)(C)OC(=O)N1CCC(C#Cc2ncc(Cl)cc2Br)CC1. The first-order valence-electron chi connectivity index (χ1n) is 7.55. The number of pyridine rings is 1. The highest BCUT2D eigenvalue weighted by atomic mass is 79.9. The smallest absolute Gasteiger partial charge is 0.410 e. The molecular formula is C17H20BrClN2O2. The third-order valence-corrected chi connectivity index (χ3v) is 4.16. The first-order valence-corrected chi connectivity index (χ1v) is 8.72. The molecule has 0 N–H and O–H groups in total. The van der Waals surface area contributed by atoms with Crippen LogP contribution >= 0.6 is 27.5 Å². The van der Waals surface area contributed by atoms with E-state index in [9.17, 15) is 4.79 Å². The van der Waals surface area contributed by atoms with Crippen LogP contribution in [0.2, 0.25) is 5.02 Å². The Morgan fingerprint density at radius 3 is 2.65 bits per heavy atom. The van der Waals surface area contributed by atoms with E-state index < -0.39 is 5.60 Å². The number of aromatic nitrogens is 1. The van der Waals surface area contributed by atoms with Gasteiger partial charge in [-0.3, -0.25) is 0 Å². The van der Waals surface area contributed by atoms with Crippen molar-refractivity contribution in [1.29, 1.82) is 0 Å². The summed E-state index contributed by atoms with van der Waals surface area (Å²) in [5, 5.41) is 0.577. The van der Waals surface area contributed by atoms with Crippen molar-refractivity contribution in [3.63, 3.8) is 0 Å². The molecule has 0 spiro atoms. The van der Waals surface area contributed by atoms with Gasteiger partial charge < -0.3 is 9.64 Å². The van der Waals surface area contributed by atoms with E-state index in [-0.39, 0.29) is 12.0 Å². The molecule has 0 unspecified atom stereocenters. The summed E-state index contributed by atoms with van der Waals surface area (Å²) in [7, 11) is 0. The Kier molecular flexibility index (Phi) is 5.94. The maximum Gasteiger partial charge on any atom is 0.410 e. The highest BCUT2D eigenvalue weighted by molar-refractivity contribution is 9.10. The molecule has 124 valence electrons. The van der Waals surface area contributed by atoms with Gasteiger partial charge in [0, 0.05) is 25.2 Å². The normalized spacial score (nSPS) is 15.8. The van der Waals surface area contributed by atoms with E-state index in [1.165, 1.54) is 0 Å². The zero-order valence-electron chi connectivity index (χ0n) is 13.5. The minimum atomic E-state index is -0.458. The lowest BCUT2D eigenvalue weighted by Crippen LogP contribution is -2.41. The standard InChI is InChI=1S/C17H20BrClN2O2/c1-17(2,3)23-16(22)21-8-6-12(7-9-21)4-5-15-14(18)10-13(19)11-20-15/h10-12H,6-9H2,1-3H3. The summed E-state index contributed by atoms with van der Waals surface area (Å²) >= 11 is 9.28. The van der Waals surface area contributed by atoms with Gasteiger partial charge in [0.25, 0.3) is 0 Å². The third-order valence-electron chi connectivity index (χ3n) is 3.35. The van der Waals surface area contributed by atoms with Gasteiger partial charge in [-0.25, -0.2) is 9.78 Å². The van der Waals surface area contributed by atoms with E-state index in [4.69, 9.17) is 16.3 Å². The fourth-order valence-electron chi connectivity index (χ4n) is 2.21. The van der Waals surface area contributed by atoms with Crippen LogP contribution in [0.1, 0.15) is 39.3 Å². The molecule has 2 rings (SSSR count). The number of carbonyl (C=O) groups is 1. The van der Waals surface area contributed by atoms with Gasteiger partial charge in [-0.05, 0) is 61.5 Å². The second-order valence-corrected chi connectivity index (χ2v) is 7.79. The van der Waals surface area contributed by atoms with Gasteiger partial charge in [0.1, 0.15) is 11.3 Å². The Morgan fingerprint density at radius 1 is 1.43 bits per heavy atom. The van der Waals surface area contributed by atoms with Gasteiger partial charge in [0.05, 0.1) is 9.50 Å². The van der Waals surface area contributed by atoms with Crippen molar-refractivity contribution >= 4 is 33.6 Å². The van der Waals surface area contributed by atoms with E-state index in [0.717, 1.165) is 17.3 Å². The number of nitrogens with zero attached hydrogens (tertiary/aromatic N) is 2. The molecule has 1 saturated heterocycles. The van der Waals surface area contributed by atoms with Crippen molar-refractivity contribution in [2.75, 3.05) is 13.1 Å². The van der Waals surface area contributed by atoms with Crippen molar-refractivity contribution in [2.24, 2.45) is 5.92 Å². The number of piperidine rings is 1. The maximum atomic E-state index is 12.0. The molecule has 1 fully saturated rings. The number of carbonyl (C=O) groups excluding carboxylic acids is 1. The Balaban J connectivity index is 1.90. The van der Waals surface area contributed by atoms with Gasteiger partial charge in [0.15, 0.2) is 0 Å². The van der Waals surface area contributed by atoms with Crippen molar-refractivity contribution in [3.8, 4) is 11.8 Å². The molecule has 6 heteroatoms. The quantitative estimate of drug-likeness (QED) is 0.603. The summed E-state index contributed by atoms with van der Waals surface area (Å²) in [6, 6.07) is 1.78. The van der Waals surface area contributed by atoms with Gasteiger partial charge in [-0.1, -0.05) is 17.5 Å². The Labute approximate surface area is 150 Å². The van der Waals surface area contributed by atoms with Gasteiger partial charge in [-0.2, -0.15) is 0 Å². The average Bonchev–Trinajstić information content (AvgIpc) is 2.45. The molecule has 0 aliphatic carbocycles. The van der Waals surface area contributed by atoms with Crippen LogP contribution in [0.15, 0.2) is 16.7 Å². The molecule has 1 amide bonds. The number of likely N-dealkylation sites (tertiary alicyclic amines) is 1. The lowest BCUT2D eigenvalue weighted by atomic mass is 9.97. The van der Waals surface area contributed by atoms with Crippen LogP contribution < -0.4 is 0 Å². The summed E-state index contributed by atoms with van der Waals surface area (Å²) in [6.07, 6.45) is 3.03. The predicted octanol–water partition coefficient (Wildman–Crippen LogP) is 4.50. The molecule has 1 aliphatic heterocycles. The molecule has 23 heavy (non-hydrogen) atoms. The molecule has 0 aromatic carbocycles. The zero-order chi connectivity index (χ0) is 17.0. The molecule has 0 saturated carbocycles. The van der Waals surface area contributed by atoms with E-state index in [1.54, 1.807) is 17.2 Å². The lowest BCUT2D eigenvalue weighted by Gasteiger charge is -2.31. The second-order valence-electron chi connectivity index (χ2n) is 6.49. The van der Waals surface area contributed by atoms with Gasteiger partial charge in [-0.15, -0.1) is 0 Å². The van der Waals surface area contributed by atoms with E-state index >= 15 is 0 Å². The number of amides is 1. The number of ether oxygens (including phenoxy) is 1. The molecule has 1 aliphatic rings. The topological polar surface area (TPSA) is 42.4 Å². The van der Waals surface area contributed by atoms with Crippen LogP contribution in [0.4, 0.5) is 4.79 Å². The minimum absolute atomic E-state index is 0.244. The first kappa shape index (κ1) is 18.1. The summed E-state index contributed by atoms with van der Waals surface area (Å²) < 4.78 is 6.19. The molecule has 0 atom stereocenters. The van der Waals surface area contributed by atoms with Crippen molar-refractivity contribution in [3.05, 3.63) is 27.5 Å². The highest BCUT2D eigenvalue weighted by Gasteiger charge is 2.26. The van der Waals surface area contributed by atoms with Crippen LogP contribution in [0.3, 0.4) is 0 Å². The van der Waals surface area contributed by atoms with Crippen LogP contribution in [-0.4, -0.2) is 34.7 Å². The van der Waals surface area contributed by atoms with Crippen molar-refractivity contribution in [2.45, 2.75) is 39.2 Å². The monoisotopic (exact) mass is 398 g/mol. The fraction of sp³-hybridized carbons (Fsp3) is 0.529. The van der Waals surface area contributed by atoms with E-state index in [2.05, 4.69) is 32.8 Å². The number of hydrogen-bond donors (Lipinski definition) is 0. The molecular weight excluding hydrogens is 380 g/mol. The molecule has 0 bridgehead atoms. The Hall–Kier alpha value is -1.25. The third kappa shape index (κ3) is 5.71. The van der Waals surface area contributed by atoms with Crippen LogP contribution in [-0.2, 0) is 4.74 Å². The average molecular weight is 400 g/mol. The van der Waals surface area contributed by atoms with E-state index in [0.29, 0.717) is 23.8 Å². The molecule has 0 radical (unpaired) electrons. The van der Waals surface area contributed by atoms with Gasteiger partial charge in [0.2, 0.25) is 0 Å². The maximum absolute atomic E-state index is 12.0. The van der Waals surface area contributed by atoms with Crippen molar-refractivity contribution in [1.82, 2.24) is 9.88 Å². The largest absolute Gasteiger partial charge is 0.444 e. The highest BCUT2D eigenvalue weighted by Crippen LogP contribution is 2.21. The second kappa shape index (κ2) is 7.55. The Morgan fingerprint density at radius 2 is 2.09 bits per heavy atom. The van der Waals surface area contributed by atoms with Gasteiger partial charge >= 0.3 is 6.09 Å². The van der Waals surface area contributed by atoms with Crippen LogP contribution in [0.25, 0.3) is 0 Å². The summed E-state index contributed by atoms with van der Waals surface area (Å²) in [5.41, 5.74) is 0.226. The van der Waals surface area contributed by atoms with Crippen LogP contribution in [0.5, 0.6) is 0 Å². The molecule has 2 heterocycles. The zero-order valence-corrected chi connectivity index (χ0v) is 15.9. The predicted molar refractivity (Wildman–Crippen MR) is 94.4 cm³/mol. The number of halogens is 2. The molecule has 1 aromatic heterocycles. The van der Waals surface area contributed by atoms with Crippen LogP contribution in [0, 0.1) is 17.8 Å². The molecule has 4 nitrogen and oxygen atoms in total. The number of hydrogen-bond acceptors (Lipinski definition) is 3. The van der Waals surface area contributed by atoms with Crippen molar-refractivity contribution < 1.29 is 9.53 Å². The summed E-state index contributed by atoms with van der Waals surface area (Å²) in [4.78, 5) is 18.0.